The van der Waals surface area contributed by atoms with Gasteiger partial charge in [0.2, 0.25) is 0 Å². The molecule has 0 aromatic heterocycles. The zero-order valence-electron chi connectivity index (χ0n) is 6.49. The lowest BCUT2D eigenvalue weighted by atomic mass is 9.94. The highest BCUT2D eigenvalue weighted by Crippen LogP contribution is 2.29. The molecule has 61 valence electrons. The van der Waals surface area contributed by atoms with Gasteiger partial charge in [-0.2, -0.15) is 0 Å². The molecule has 0 saturated carbocycles. The molecule has 2 nitrogen and oxygen atoms in total. The molecule has 1 aliphatic rings. The molecule has 0 atom stereocenters. The van der Waals surface area contributed by atoms with Gasteiger partial charge in [0.1, 0.15) is 6.10 Å². The van der Waals surface area contributed by atoms with Gasteiger partial charge in [0.05, 0.1) is 5.76 Å². The van der Waals surface area contributed by atoms with Crippen LogP contribution in [0.1, 0.15) is 17.5 Å². The van der Waals surface area contributed by atoms with E-state index in [1.807, 2.05) is 24.3 Å². The van der Waals surface area contributed by atoms with E-state index in [2.05, 4.69) is 0 Å². The number of fused-ring (bicyclic) bond motifs is 1. The van der Waals surface area contributed by atoms with Crippen LogP contribution in [0.3, 0.4) is 0 Å². The number of rotatable bonds is 0. The second-order valence-electron chi connectivity index (χ2n) is 2.85. The zero-order valence-corrected chi connectivity index (χ0v) is 6.49. The zero-order chi connectivity index (χ0) is 8.55. The van der Waals surface area contributed by atoms with Crippen molar-refractivity contribution in [3.63, 3.8) is 0 Å². The van der Waals surface area contributed by atoms with Crippen LogP contribution in [0.2, 0.25) is 0 Å². The average Bonchev–Trinajstić information content (AvgIpc) is 2.04. The number of benzene rings is 1. The Morgan fingerprint density at radius 1 is 1.08 bits per heavy atom. The Labute approximate surface area is 70.8 Å². The van der Waals surface area contributed by atoms with Gasteiger partial charge in [0.15, 0.2) is 0 Å². The van der Waals surface area contributed by atoms with Crippen LogP contribution in [0.4, 0.5) is 0 Å². The maximum absolute atomic E-state index is 9.45. The van der Waals surface area contributed by atoms with Crippen molar-refractivity contribution in [1.29, 1.82) is 0 Å². The maximum atomic E-state index is 9.45. The minimum atomic E-state index is 0.214. The van der Waals surface area contributed by atoms with Crippen LogP contribution < -0.4 is 0 Å². The summed E-state index contributed by atoms with van der Waals surface area (Å²) in [6, 6.07) is 7.45. The van der Waals surface area contributed by atoms with Crippen LogP contribution in [-0.2, 0) is 0 Å². The van der Waals surface area contributed by atoms with E-state index in [4.69, 9.17) is 0 Å². The van der Waals surface area contributed by atoms with Gasteiger partial charge in [-0.3, -0.25) is 0 Å². The van der Waals surface area contributed by atoms with E-state index in [1.165, 1.54) is 0 Å². The summed E-state index contributed by atoms with van der Waals surface area (Å²) in [5, 5.41) is 18.7. The lowest BCUT2D eigenvalue weighted by Crippen LogP contribution is -2.06. The lowest BCUT2D eigenvalue weighted by molar-refractivity contribution is 0.287. The molecule has 0 bridgehead atoms. The van der Waals surface area contributed by atoms with Gasteiger partial charge in [-0.1, -0.05) is 24.3 Å². The maximum Gasteiger partial charge on any atom is 0.130 e. The number of aliphatic hydroxyl groups is 2. The van der Waals surface area contributed by atoms with Crippen LogP contribution in [-0.4, -0.2) is 10.2 Å². The number of hydrogen-bond acceptors (Lipinski definition) is 2. The largest absolute Gasteiger partial charge is 0.512 e. The van der Waals surface area contributed by atoms with Gasteiger partial charge < -0.3 is 10.2 Å². The second kappa shape index (κ2) is 2.64. The first-order valence-electron chi connectivity index (χ1n) is 3.81. The van der Waals surface area contributed by atoms with Crippen molar-refractivity contribution in [2.75, 3.05) is 0 Å². The summed E-state index contributed by atoms with van der Waals surface area (Å²) in [6.07, 6.45) is 2.16. The SMILES string of the molecule is O[C]1CC(O)=Cc2ccccc21. The van der Waals surface area contributed by atoms with E-state index >= 15 is 0 Å². The molecule has 0 amide bonds. The first-order valence-corrected chi connectivity index (χ1v) is 3.81. The highest BCUT2D eigenvalue weighted by Gasteiger charge is 2.18. The van der Waals surface area contributed by atoms with Crippen molar-refractivity contribution < 1.29 is 10.2 Å². The first kappa shape index (κ1) is 7.37. The summed E-state index contributed by atoms with van der Waals surface area (Å²) in [5.74, 6) is 0.214. The summed E-state index contributed by atoms with van der Waals surface area (Å²) in [7, 11) is 0. The van der Waals surface area contributed by atoms with Crippen LogP contribution in [0, 0.1) is 6.10 Å². The van der Waals surface area contributed by atoms with Crippen LogP contribution in [0.25, 0.3) is 6.08 Å². The standard InChI is InChI=1S/C10H9O2/c11-8-5-7-3-1-2-4-9(7)10(12)6-8/h1-5,11-12H,6H2. The van der Waals surface area contributed by atoms with Crippen molar-refractivity contribution >= 4 is 6.08 Å². The van der Waals surface area contributed by atoms with Gasteiger partial charge in [-0.25, -0.2) is 0 Å². The Kier molecular flexibility index (Phi) is 1.62. The summed E-state index contributed by atoms with van der Waals surface area (Å²) in [6.45, 7) is 0. The van der Waals surface area contributed by atoms with E-state index in [0.29, 0.717) is 0 Å². The van der Waals surface area contributed by atoms with Gasteiger partial charge in [-0.15, -0.1) is 0 Å². The van der Waals surface area contributed by atoms with Gasteiger partial charge in [0.25, 0.3) is 0 Å². The number of aliphatic hydroxyl groups excluding tert-OH is 2. The van der Waals surface area contributed by atoms with Crippen molar-refractivity contribution in [3.05, 3.63) is 47.3 Å². The minimum Gasteiger partial charge on any atom is -0.512 e. The molecule has 2 heteroatoms. The first-order chi connectivity index (χ1) is 5.77. The van der Waals surface area contributed by atoms with Crippen molar-refractivity contribution in [1.82, 2.24) is 0 Å². The Morgan fingerprint density at radius 2 is 1.83 bits per heavy atom. The fourth-order valence-electron chi connectivity index (χ4n) is 1.38. The fourth-order valence-corrected chi connectivity index (χ4v) is 1.38. The van der Waals surface area contributed by atoms with Gasteiger partial charge in [-0.05, 0) is 17.2 Å². The quantitative estimate of drug-likeness (QED) is 0.612. The Morgan fingerprint density at radius 3 is 2.67 bits per heavy atom. The topological polar surface area (TPSA) is 40.5 Å². The third-order valence-corrected chi connectivity index (χ3v) is 1.94. The van der Waals surface area contributed by atoms with E-state index in [0.717, 1.165) is 11.1 Å². The minimum absolute atomic E-state index is 0.214. The molecular weight excluding hydrogens is 152 g/mol. The average molecular weight is 161 g/mol. The van der Waals surface area contributed by atoms with Gasteiger partial charge in [0, 0.05) is 6.42 Å². The molecule has 12 heavy (non-hydrogen) atoms. The highest BCUT2D eigenvalue weighted by molar-refractivity contribution is 5.61. The molecule has 1 aromatic rings. The molecule has 2 rings (SSSR count). The summed E-state index contributed by atoms with van der Waals surface area (Å²) < 4.78 is 0. The molecule has 1 aromatic carbocycles. The molecular formula is C10H9O2. The van der Waals surface area contributed by atoms with E-state index in [-0.39, 0.29) is 18.3 Å². The van der Waals surface area contributed by atoms with E-state index in [1.54, 1.807) is 6.08 Å². The van der Waals surface area contributed by atoms with Crippen LogP contribution in [0.5, 0.6) is 0 Å². The molecule has 1 radical (unpaired) electrons. The number of hydrogen-bond donors (Lipinski definition) is 2. The third-order valence-electron chi connectivity index (χ3n) is 1.94. The van der Waals surface area contributed by atoms with Crippen molar-refractivity contribution in [2.45, 2.75) is 6.42 Å². The van der Waals surface area contributed by atoms with Gasteiger partial charge >= 0.3 is 0 Å². The van der Waals surface area contributed by atoms with E-state index in [9.17, 15) is 10.2 Å². The monoisotopic (exact) mass is 161 g/mol. The third kappa shape index (κ3) is 1.10. The molecule has 0 spiro atoms. The molecule has 0 unspecified atom stereocenters. The highest BCUT2D eigenvalue weighted by atomic mass is 16.3. The smallest absolute Gasteiger partial charge is 0.130 e. The molecule has 0 aliphatic heterocycles. The van der Waals surface area contributed by atoms with Crippen molar-refractivity contribution in [3.8, 4) is 0 Å². The van der Waals surface area contributed by atoms with Crippen molar-refractivity contribution in [2.24, 2.45) is 0 Å². The molecule has 0 saturated heterocycles. The Bertz CT molecular complexity index is 328. The lowest BCUT2D eigenvalue weighted by Gasteiger charge is -2.17. The van der Waals surface area contributed by atoms with Crippen LogP contribution >= 0.6 is 0 Å². The predicted molar refractivity (Wildman–Crippen MR) is 45.9 cm³/mol. The summed E-state index contributed by atoms with van der Waals surface area (Å²) >= 11 is 0. The fraction of sp³-hybridized carbons (Fsp3) is 0.100. The van der Waals surface area contributed by atoms with E-state index < -0.39 is 0 Å². The summed E-state index contributed by atoms with van der Waals surface area (Å²) in [4.78, 5) is 0. The predicted octanol–water partition coefficient (Wildman–Crippen LogP) is 2.24. The summed E-state index contributed by atoms with van der Waals surface area (Å²) in [5.41, 5.74) is 1.69. The van der Waals surface area contributed by atoms with Crippen LogP contribution in [0.15, 0.2) is 30.0 Å². The molecule has 2 N–H and O–H groups in total. The molecule has 0 heterocycles. The Balaban J connectivity index is 2.55. The molecule has 1 aliphatic carbocycles. The Hall–Kier alpha value is -1.28. The second-order valence-corrected chi connectivity index (χ2v) is 2.85. The normalized spacial score (nSPS) is 16.9. The molecule has 0 fully saturated rings.